The summed E-state index contributed by atoms with van der Waals surface area (Å²) in [5, 5.41) is 13.0. The summed E-state index contributed by atoms with van der Waals surface area (Å²) in [5.74, 6) is 2.23. The van der Waals surface area contributed by atoms with Crippen LogP contribution in [0.25, 0.3) is 10.6 Å². The van der Waals surface area contributed by atoms with Gasteiger partial charge in [-0.05, 0) is 55.9 Å². The van der Waals surface area contributed by atoms with Crippen molar-refractivity contribution in [3.05, 3.63) is 41.2 Å². The molecule has 2 fully saturated rings. The van der Waals surface area contributed by atoms with Gasteiger partial charge in [-0.15, -0.1) is 21.5 Å². The number of thiazole rings is 1. The van der Waals surface area contributed by atoms with Crippen molar-refractivity contribution in [2.45, 2.75) is 56.2 Å². The standard InChI is InChI=1S/C23H28FN5OS2/c1-16-8-10-28(11-9-16)22-26-27-23(29(22)13-20-3-2-12-30-20)32-15-19-14-31-21(25-19)17-4-6-18(24)7-5-17/h4-7,14,16,20H,2-3,8-13,15H2,1H3. The molecule has 0 saturated carbocycles. The maximum atomic E-state index is 13.2. The van der Waals surface area contributed by atoms with Gasteiger partial charge in [-0.3, -0.25) is 4.57 Å². The highest BCUT2D eigenvalue weighted by Crippen LogP contribution is 2.31. The average Bonchev–Trinajstić information content (AvgIpc) is 3.56. The normalized spacial score (nSPS) is 19.7. The zero-order valence-electron chi connectivity index (χ0n) is 18.2. The summed E-state index contributed by atoms with van der Waals surface area (Å²) in [6.45, 7) is 6.03. The minimum absolute atomic E-state index is 0.231. The van der Waals surface area contributed by atoms with E-state index in [9.17, 15) is 4.39 Å². The molecule has 0 bridgehead atoms. The molecule has 170 valence electrons. The number of anilines is 1. The molecule has 0 N–H and O–H groups in total. The summed E-state index contributed by atoms with van der Waals surface area (Å²) in [6, 6.07) is 6.49. The van der Waals surface area contributed by atoms with Crippen molar-refractivity contribution in [2.24, 2.45) is 5.92 Å². The highest BCUT2D eigenvalue weighted by molar-refractivity contribution is 7.98. The van der Waals surface area contributed by atoms with Crippen molar-refractivity contribution >= 4 is 29.0 Å². The smallest absolute Gasteiger partial charge is 0.228 e. The third-order valence-corrected chi connectivity index (χ3v) is 8.11. The van der Waals surface area contributed by atoms with Crippen LogP contribution in [0.4, 0.5) is 10.3 Å². The molecule has 1 atom stereocenters. The molecule has 2 aromatic heterocycles. The second kappa shape index (κ2) is 9.89. The summed E-state index contributed by atoms with van der Waals surface area (Å²) in [6.07, 6.45) is 4.83. The van der Waals surface area contributed by atoms with Gasteiger partial charge in [-0.25, -0.2) is 9.37 Å². The number of rotatable bonds is 7. The van der Waals surface area contributed by atoms with E-state index in [4.69, 9.17) is 9.72 Å². The Labute approximate surface area is 196 Å². The molecule has 1 unspecified atom stereocenters. The first-order chi connectivity index (χ1) is 15.7. The first-order valence-electron chi connectivity index (χ1n) is 11.3. The summed E-state index contributed by atoms with van der Waals surface area (Å²) in [7, 11) is 0. The van der Waals surface area contributed by atoms with Gasteiger partial charge in [0.05, 0.1) is 18.3 Å². The topological polar surface area (TPSA) is 56.1 Å². The maximum Gasteiger partial charge on any atom is 0.228 e. The van der Waals surface area contributed by atoms with Gasteiger partial charge < -0.3 is 9.64 Å². The van der Waals surface area contributed by atoms with E-state index in [1.807, 2.05) is 0 Å². The zero-order valence-corrected chi connectivity index (χ0v) is 19.9. The number of nitrogens with zero attached hydrogens (tertiary/aromatic N) is 5. The predicted molar refractivity (Wildman–Crippen MR) is 127 cm³/mol. The van der Waals surface area contributed by atoms with E-state index in [1.54, 1.807) is 35.2 Å². The molecular weight excluding hydrogens is 445 g/mol. The van der Waals surface area contributed by atoms with Gasteiger partial charge in [0.25, 0.3) is 0 Å². The van der Waals surface area contributed by atoms with Crippen LogP contribution in [0.2, 0.25) is 0 Å². The second-order valence-electron chi connectivity index (χ2n) is 8.64. The van der Waals surface area contributed by atoms with E-state index in [-0.39, 0.29) is 11.9 Å². The lowest BCUT2D eigenvalue weighted by molar-refractivity contribution is 0.0951. The van der Waals surface area contributed by atoms with Gasteiger partial charge in [-0.1, -0.05) is 18.7 Å². The Balaban J connectivity index is 1.31. The number of aromatic nitrogens is 4. The van der Waals surface area contributed by atoms with Crippen LogP contribution in [0.15, 0.2) is 34.8 Å². The van der Waals surface area contributed by atoms with Crippen LogP contribution in [0.1, 0.15) is 38.3 Å². The van der Waals surface area contributed by atoms with Gasteiger partial charge in [0.2, 0.25) is 5.95 Å². The Kier molecular flexibility index (Phi) is 6.75. The fourth-order valence-electron chi connectivity index (χ4n) is 4.22. The lowest BCUT2D eigenvalue weighted by atomic mass is 10.00. The molecule has 3 aromatic rings. The molecule has 0 aliphatic carbocycles. The van der Waals surface area contributed by atoms with Crippen LogP contribution in [-0.4, -0.2) is 45.5 Å². The third kappa shape index (κ3) is 5.00. The molecule has 0 spiro atoms. The van der Waals surface area contributed by atoms with E-state index in [0.717, 1.165) is 78.1 Å². The number of thioether (sulfide) groups is 1. The Morgan fingerprint density at radius 2 is 1.97 bits per heavy atom. The Hall–Kier alpha value is -1.97. The molecule has 0 amide bonds. The van der Waals surface area contributed by atoms with Crippen molar-refractivity contribution < 1.29 is 9.13 Å². The predicted octanol–water partition coefficient (Wildman–Crippen LogP) is 5.25. The Morgan fingerprint density at radius 3 is 2.72 bits per heavy atom. The van der Waals surface area contributed by atoms with E-state index >= 15 is 0 Å². The van der Waals surface area contributed by atoms with E-state index < -0.39 is 0 Å². The van der Waals surface area contributed by atoms with Crippen molar-refractivity contribution in [1.82, 2.24) is 19.7 Å². The molecule has 2 aliphatic heterocycles. The van der Waals surface area contributed by atoms with E-state index in [0.29, 0.717) is 0 Å². The lowest BCUT2D eigenvalue weighted by Gasteiger charge is -2.31. The molecule has 0 radical (unpaired) electrons. The first-order valence-corrected chi connectivity index (χ1v) is 13.1. The molecule has 1 aromatic carbocycles. The van der Waals surface area contributed by atoms with Crippen LogP contribution >= 0.6 is 23.1 Å². The molecule has 4 heterocycles. The summed E-state index contributed by atoms with van der Waals surface area (Å²) < 4.78 is 21.4. The summed E-state index contributed by atoms with van der Waals surface area (Å²) in [5.41, 5.74) is 1.94. The fraction of sp³-hybridized carbons (Fsp3) is 0.522. The summed E-state index contributed by atoms with van der Waals surface area (Å²) in [4.78, 5) is 7.12. The number of piperidine rings is 1. The van der Waals surface area contributed by atoms with Gasteiger partial charge in [0.1, 0.15) is 10.8 Å². The van der Waals surface area contributed by atoms with Crippen LogP contribution < -0.4 is 4.90 Å². The monoisotopic (exact) mass is 473 g/mol. The number of hydrogen-bond acceptors (Lipinski definition) is 7. The number of hydrogen-bond donors (Lipinski definition) is 0. The third-order valence-electron chi connectivity index (χ3n) is 6.17. The quantitative estimate of drug-likeness (QED) is 0.437. The molecule has 32 heavy (non-hydrogen) atoms. The van der Waals surface area contributed by atoms with Crippen LogP contribution in [0.5, 0.6) is 0 Å². The van der Waals surface area contributed by atoms with Crippen molar-refractivity contribution in [3.63, 3.8) is 0 Å². The number of ether oxygens (including phenoxy) is 1. The SMILES string of the molecule is CC1CCN(c2nnc(SCc3csc(-c4ccc(F)cc4)n3)n2CC2CCCO2)CC1. The maximum absolute atomic E-state index is 13.2. The fourth-order valence-corrected chi connectivity index (χ4v) is 5.99. The van der Waals surface area contributed by atoms with Crippen LogP contribution in [0, 0.1) is 11.7 Å². The molecule has 5 rings (SSSR count). The lowest BCUT2D eigenvalue weighted by Crippen LogP contribution is -2.35. The number of halogens is 1. The molecule has 2 aliphatic rings. The largest absolute Gasteiger partial charge is 0.376 e. The van der Waals surface area contributed by atoms with Gasteiger partial charge in [-0.2, -0.15) is 0 Å². The minimum atomic E-state index is -0.231. The average molecular weight is 474 g/mol. The van der Waals surface area contributed by atoms with Gasteiger partial charge in [0.15, 0.2) is 5.16 Å². The minimum Gasteiger partial charge on any atom is -0.376 e. The molecular formula is C23H28FN5OS2. The van der Waals surface area contributed by atoms with Gasteiger partial charge >= 0.3 is 0 Å². The number of benzene rings is 1. The molecule has 2 saturated heterocycles. The zero-order chi connectivity index (χ0) is 21.9. The van der Waals surface area contributed by atoms with E-state index in [2.05, 4.69) is 32.0 Å². The van der Waals surface area contributed by atoms with Crippen molar-refractivity contribution in [2.75, 3.05) is 24.6 Å². The van der Waals surface area contributed by atoms with Crippen LogP contribution in [-0.2, 0) is 17.0 Å². The van der Waals surface area contributed by atoms with Crippen molar-refractivity contribution in [3.8, 4) is 10.6 Å². The molecule has 6 nitrogen and oxygen atoms in total. The Morgan fingerprint density at radius 1 is 1.16 bits per heavy atom. The van der Waals surface area contributed by atoms with Crippen LogP contribution in [0.3, 0.4) is 0 Å². The highest BCUT2D eigenvalue weighted by Gasteiger charge is 2.26. The van der Waals surface area contributed by atoms with Crippen molar-refractivity contribution in [1.29, 1.82) is 0 Å². The highest BCUT2D eigenvalue weighted by atomic mass is 32.2. The Bertz CT molecular complexity index is 1020. The second-order valence-corrected chi connectivity index (χ2v) is 10.4. The first kappa shape index (κ1) is 21.9. The summed E-state index contributed by atoms with van der Waals surface area (Å²) >= 11 is 3.26. The van der Waals surface area contributed by atoms with E-state index in [1.165, 1.54) is 25.0 Å². The van der Waals surface area contributed by atoms with Gasteiger partial charge in [0, 0.05) is 36.4 Å². The molecule has 9 heteroatoms.